The van der Waals surface area contributed by atoms with Crippen molar-refractivity contribution < 1.29 is 39.4 Å². The molecule has 134 valence electrons. The van der Waals surface area contributed by atoms with Crippen LogP contribution < -0.4 is 4.74 Å². The van der Waals surface area contributed by atoms with Crippen molar-refractivity contribution in [3.8, 4) is 5.75 Å². The first-order valence-electron chi connectivity index (χ1n) is 7.48. The predicted molar refractivity (Wildman–Crippen MR) is 81.8 cm³/mol. The molecular formula is C16H22O8. The van der Waals surface area contributed by atoms with Crippen LogP contribution in [0.25, 0.3) is 0 Å². The lowest BCUT2D eigenvalue weighted by Gasteiger charge is -2.40. The molecule has 0 bridgehead atoms. The molecule has 8 nitrogen and oxygen atoms in total. The summed E-state index contributed by atoms with van der Waals surface area (Å²) < 4.78 is 15.4. The smallest absolute Gasteiger partial charge is 0.337 e. The molecule has 1 aliphatic rings. The van der Waals surface area contributed by atoms with Crippen LogP contribution in [0.3, 0.4) is 0 Å². The quantitative estimate of drug-likeness (QED) is 0.495. The van der Waals surface area contributed by atoms with Gasteiger partial charge < -0.3 is 34.6 Å². The molecule has 0 unspecified atom stereocenters. The Hall–Kier alpha value is -1.71. The summed E-state index contributed by atoms with van der Waals surface area (Å²) in [5.41, 5.74) is 0.946. The largest absolute Gasteiger partial charge is 0.496 e. The fourth-order valence-electron chi connectivity index (χ4n) is 2.72. The van der Waals surface area contributed by atoms with Gasteiger partial charge in [0.25, 0.3) is 0 Å². The summed E-state index contributed by atoms with van der Waals surface area (Å²) in [6, 6.07) is 4.69. The predicted octanol–water partition coefficient (Wildman–Crippen LogP) is -1.13. The Balaban J connectivity index is 2.21. The van der Waals surface area contributed by atoms with Crippen LogP contribution in [0.1, 0.15) is 15.9 Å². The van der Waals surface area contributed by atoms with E-state index in [1.807, 2.05) is 0 Å². The van der Waals surface area contributed by atoms with Crippen molar-refractivity contribution >= 4 is 5.97 Å². The fourth-order valence-corrected chi connectivity index (χ4v) is 2.72. The summed E-state index contributed by atoms with van der Waals surface area (Å²) in [4.78, 5) is 11.6. The van der Waals surface area contributed by atoms with E-state index in [1.165, 1.54) is 20.3 Å². The van der Waals surface area contributed by atoms with E-state index in [4.69, 9.17) is 9.47 Å². The van der Waals surface area contributed by atoms with Gasteiger partial charge in [-0.05, 0) is 17.7 Å². The van der Waals surface area contributed by atoms with Crippen molar-refractivity contribution in [1.82, 2.24) is 0 Å². The van der Waals surface area contributed by atoms with Crippen molar-refractivity contribution in [1.29, 1.82) is 0 Å². The number of rotatable bonds is 5. The van der Waals surface area contributed by atoms with Crippen LogP contribution in [0.15, 0.2) is 18.2 Å². The number of ether oxygens (including phenoxy) is 3. The second-order valence-electron chi connectivity index (χ2n) is 5.59. The summed E-state index contributed by atoms with van der Waals surface area (Å²) in [6.07, 6.45) is -5.81. The Kier molecular flexibility index (Phi) is 6.14. The lowest BCUT2D eigenvalue weighted by Crippen LogP contribution is -2.59. The van der Waals surface area contributed by atoms with E-state index >= 15 is 0 Å². The molecule has 0 radical (unpaired) electrons. The summed E-state index contributed by atoms with van der Waals surface area (Å²) in [7, 11) is 2.71. The van der Waals surface area contributed by atoms with Crippen LogP contribution in [0.5, 0.6) is 5.75 Å². The topological polar surface area (TPSA) is 126 Å². The van der Waals surface area contributed by atoms with Gasteiger partial charge in [0.05, 0.1) is 32.5 Å². The number of aliphatic hydroxyl groups is 4. The third-order valence-corrected chi connectivity index (χ3v) is 4.12. The first-order valence-corrected chi connectivity index (χ1v) is 7.48. The standard InChI is InChI=1S/C16H22O8/c1-22-10-6-9(16(21)23-2)4-3-8(10)5-11-13(18)15(20)14(19)12(7-17)24-11/h3-4,6,11-15,17-20H,5,7H2,1-2H3/t11-,12+,13-,14+,15+/m0/s1. The van der Waals surface area contributed by atoms with Crippen molar-refractivity contribution in [2.24, 2.45) is 0 Å². The summed E-state index contributed by atoms with van der Waals surface area (Å²) in [5, 5.41) is 39.0. The summed E-state index contributed by atoms with van der Waals surface area (Å²) >= 11 is 0. The van der Waals surface area contributed by atoms with Crippen LogP contribution in [0, 0.1) is 0 Å². The van der Waals surface area contributed by atoms with Gasteiger partial charge in [0.1, 0.15) is 30.2 Å². The summed E-state index contributed by atoms with van der Waals surface area (Å²) in [6.45, 7) is -0.486. The van der Waals surface area contributed by atoms with E-state index in [0.29, 0.717) is 16.9 Å². The average molecular weight is 342 g/mol. The highest BCUT2D eigenvalue weighted by Gasteiger charge is 2.43. The molecule has 1 saturated heterocycles. The van der Waals surface area contributed by atoms with Crippen LogP contribution >= 0.6 is 0 Å². The third-order valence-electron chi connectivity index (χ3n) is 4.12. The maximum absolute atomic E-state index is 11.6. The number of hydrogen-bond acceptors (Lipinski definition) is 8. The number of methoxy groups -OCH3 is 2. The SMILES string of the molecule is COC(=O)c1ccc(C[C@@H]2O[C@H](CO)[C@@H](O)[C@H](O)[C@H]2O)c(OC)c1. The molecule has 0 saturated carbocycles. The van der Waals surface area contributed by atoms with Crippen LogP contribution in [-0.4, -0.2) is 77.7 Å². The molecule has 0 spiro atoms. The zero-order chi connectivity index (χ0) is 17.9. The molecule has 2 rings (SSSR count). The molecule has 0 amide bonds. The average Bonchev–Trinajstić information content (AvgIpc) is 2.61. The van der Waals surface area contributed by atoms with Gasteiger partial charge in [0, 0.05) is 6.42 Å². The molecule has 1 aromatic carbocycles. The molecular weight excluding hydrogens is 320 g/mol. The monoisotopic (exact) mass is 342 g/mol. The van der Waals surface area contributed by atoms with Gasteiger partial charge in [-0.3, -0.25) is 0 Å². The van der Waals surface area contributed by atoms with Gasteiger partial charge in [-0.2, -0.15) is 0 Å². The first-order chi connectivity index (χ1) is 11.4. The van der Waals surface area contributed by atoms with Crippen LogP contribution in [0.4, 0.5) is 0 Å². The molecule has 5 atom stereocenters. The van der Waals surface area contributed by atoms with Crippen molar-refractivity contribution in [2.45, 2.75) is 36.9 Å². The maximum atomic E-state index is 11.6. The number of carbonyl (C=O) groups is 1. The van der Waals surface area contributed by atoms with Crippen molar-refractivity contribution in [3.05, 3.63) is 29.3 Å². The second-order valence-corrected chi connectivity index (χ2v) is 5.59. The molecule has 1 fully saturated rings. The van der Waals surface area contributed by atoms with Crippen LogP contribution in [0.2, 0.25) is 0 Å². The minimum absolute atomic E-state index is 0.159. The van der Waals surface area contributed by atoms with E-state index in [0.717, 1.165) is 0 Å². The van der Waals surface area contributed by atoms with Gasteiger partial charge in [-0.15, -0.1) is 0 Å². The van der Waals surface area contributed by atoms with Gasteiger partial charge in [-0.1, -0.05) is 6.07 Å². The Morgan fingerprint density at radius 3 is 2.38 bits per heavy atom. The zero-order valence-electron chi connectivity index (χ0n) is 13.5. The van der Waals surface area contributed by atoms with E-state index in [1.54, 1.807) is 12.1 Å². The summed E-state index contributed by atoms with van der Waals surface area (Å²) in [5.74, 6) is -0.109. The molecule has 4 N–H and O–H groups in total. The number of carbonyl (C=O) groups excluding carboxylic acids is 1. The molecule has 1 aliphatic heterocycles. The molecule has 0 aromatic heterocycles. The maximum Gasteiger partial charge on any atom is 0.337 e. The Labute approximate surface area is 139 Å². The van der Waals surface area contributed by atoms with Crippen molar-refractivity contribution in [2.75, 3.05) is 20.8 Å². The lowest BCUT2D eigenvalue weighted by atomic mass is 9.91. The van der Waals surface area contributed by atoms with Crippen molar-refractivity contribution in [3.63, 3.8) is 0 Å². The van der Waals surface area contributed by atoms with E-state index < -0.39 is 43.1 Å². The third kappa shape index (κ3) is 3.68. The number of hydrogen-bond donors (Lipinski definition) is 4. The van der Waals surface area contributed by atoms with Gasteiger partial charge in [0.2, 0.25) is 0 Å². The number of benzene rings is 1. The Morgan fingerprint density at radius 2 is 1.79 bits per heavy atom. The van der Waals surface area contributed by atoms with Crippen LogP contribution in [-0.2, 0) is 15.9 Å². The van der Waals surface area contributed by atoms with E-state index in [-0.39, 0.29) is 6.42 Å². The lowest BCUT2D eigenvalue weighted by molar-refractivity contribution is -0.228. The fraction of sp³-hybridized carbons (Fsp3) is 0.562. The van der Waals surface area contributed by atoms with Gasteiger partial charge in [-0.25, -0.2) is 4.79 Å². The molecule has 24 heavy (non-hydrogen) atoms. The zero-order valence-corrected chi connectivity index (χ0v) is 13.5. The molecule has 1 aromatic rings. The van der Waals surface area contributed by atoms with E-state index in [9.17, 15) is 25.2 Å². The molecule has 0 aliphatic carbocycles. The first kappa shape index (κ1) is 18.6. The number of esters is 1. The highest BCUT2D eigenvalue weighted by molar-refractivity contribution is 5.89. The second kappa shape index (κ2) is 7.91. The highest BCUT2D eigenvalue weighted by Crippen LogP contribution is 2.28. The number of aliphatic hydroxyl groups excluding tert-OH is 4. The van der Waals surface area contributed by atoms with Gasteiger partial charge >= 0.3 is 5.97 Å². The molecule has 8 heteroatoms. The normalized spacial score (nSPS) is 30.0. The minimum Gasteiger partial charge on any atom is -0.496 e. The highest BCUT2D eigenvalue weighted by atomic mass is 16.5. The Bertz CT molecular complexity index is 573. The Morgan fingerprint density at radius 1 is 1.12 bits per heavy atom. The molecule has 1 heterocycles. The van der Waals surface area contributed by atoms with E-state index in [2.05, 4.69) is 4.74 Å². The minimum atomic E-state index is -1.43. The van der Waals surface area contributed by atoms with Gasteiger partial charge in [0.15, 0.2) is 0 Å².